The Labute approximate surface area is 112 Å². The van der Waals surface area contributed by atoms with E-state index in [-0.39, 0.29) is 0 Å². The molecule has 0 radical (unpaired) electrons. The van der Waals surface area contributed by atoms with Gasteiger partial charge in [0.1, 0.15) is 16.2 Å². The molecule has 0 aromatic carbocycles. The van der Waals surface area contributed by atoms with Crippen LogP contribution in [0.2, 0.25) is 0 Å². The molecule has 6 heteroatoms. The van der Waals surface area contributed by atoms with Gasteiger partial charge in [0.25, 0.3) is 0 Å². The van der Waals surface area contributed by atoms with Crippen molar-refractivity contribution in [3.63, 3.8) is 0 Å². The van der Waals surface area contributed by atoms with Crippen molar-refractivity contribution in [2.75, 3.05) is 0 Å². The number of hydrogen-bond acceptors (Lipinski definition) is 5. The number of rotatable bonds is 3. The third kappa shape index (κ3) is 2.13. The quantitative estimate of drug-likeness (QED) is 0.875. The minimum absolute atomic E-state index is 0.364. The number of nitrogens with zero attached hydrogens (tertiary/aromatic N) is 2. The maximum absolute atomic E-state index is 10.8. The maximum Gasteiger partial charge on any atom is 0.345 e. The molecule has 0 saturated carbocycles. The topological polar surface area (TPSA) is 63.1 Å². The molecule has 0 aliphatic heterocycles. The van der Waals surface area contributed by atoms with Gasteiger partial charge in [-0.1, -0.05) is 11.8 Å². The lowest BCUT2D eigenvalue weighted by Gasteiger charge is -2.04. The molecule has 2 aromatic heterocycles. The molecule has 1 N–H and O–H groups in total. The largest absolute Gasteiger partial charge is 0.477 e. The number of carboxylic acids is 1. The predicted molar refractivity (Wildman–Crippen MR) is 69.5 cm³/mol. The van der Waals surface area contributed by atoms with Crippen LogP contribution in [0.1, 0.15) is 27.3 Å². The highest BCUT2D eigenvalue weighted by Gasteiger charge is 2.18. The van der Waals surface area contributed by atoms with Gasteiger partial charge in [0.05, 0.1) is 0 Å². The summed E-state index contributed by atoms with van der Waals surface area (Å²) in [6.45, 7) is 0. The van der Waals surface area contributed by atoms with E-state index in [4.69, 9.17) is 5.11 Å². The first-order valence-corrected chi connectivity index (χ1v) is 7.26. The van der Waals surface area contributed by atoms with Crippen LogP contribution in [0, 0.1) is 0 Å². The zero-order valence-corrected chi connectivity index (χ0v) is 11.1. The van der Waals surface area contributed by atoms with E-state index < -0.39 is 5.97 Å². The fourth-order valence-corrected chi connectivity index (χ4v) is 3.87. The first kappa shape index (κ1) is 11.7. The highest BCUT2D eigenvalue weighted by atomic mass is 32.2. The van der Waals surface area contributed by atoms with E-state index >= 15 is 0 Å². The van der Waals surface area contributed by atoms with Crippen molar-refractivity contribution < 1.29 is 9.90 Å². The van der Waals surface area contributed by atoms with Gasteiger partial charge in [-0.15, -0.1) is 11.3 Å². The lowest BCUT2D eigenvalue weighted by Crippen LogP contribution is -1.93. The standard InChI is InChI=1S/C12H10N2O2S2/c15-12(16)10-4-7(5-17-10)18-11-8-2-1-3-9(8)13-6-14-11/h4-6H,1-3H2,(H,15,16). The number of hydrogen-bond donors (Lipinski definition) is 1. The molecule has 4 nitrogen and oxygen atoms in total. The van der Waals surface area contributed by atoms with Crippen LogP contribution in [0.5, 0.6) is 0 Å². The minimum Gasteiger partial charge on any atom is -0.477 e. The van der Waals surface area contributed by atoms with Gasteiger partial charge in [-0.25, -0.2) is 14.8 Å². The summed E-state index contributed by atoms with van der Waals surface area (Å²) >= 11 is 2.77. The molecule has 0 spiro atoms. The SMILES string of the molecule is O=C(O)c1cc(Sc2ncnc3c2CCC3)cs1. The molecule has 0 unspecified atom stereocenters. The summed E-state index contributed by atoms with van der Waals surface area (Å²) in [5.41, 5.74) is 2.37. The Hall–Kier alpha value is -1.40. The summed E-state index contributed by atoms with van der Waals surface area (Å²) in [7, 11) is 0. The van der Waals surface area contributed by atoms with Gasteiger partial charge in [-0.05, 0) is 25.3 Å². The van der Waals surface area contributed by atoms with E-state index in [0.717, 1.165) is 34.9 Å². The van der Waals surface area contributed by atoms with Gasteiger partial charge in [0.2, 0.25) is 0 Å². The second-order valence-electron chi connectivity index (χ2n) is 4.01. The van der Waals surface area contributed by atoms with Gasteiger partial charge in [0.15, 0.2) is 0 Å². The lowest BCUT2D eigenvalue weighted by atomic mass is 10.3. The number of thiophene rings is 1. The Balaban J connectivity index is 1.88. The zero-order valence-electron chi connectivity index (χ0n) is 9.42. The van der Waals surface area contributed by atoms with E-state index in [9.17, 15) is 4.79 Å². The normalized spacial score (nSPS) is 13.6. The second-order valence-corrected chi connectivity index (χ2v) is 5.98. The van der Waals surface area contributed by atoms with Crippen molar-refractivity contribution in [2.24, 2.45) is 0 Å². The van der Waals surface area contributed by atoms with Crippen molar-refractivity contribution in [1.29, 1.82) is 0 Å². The Morgan fingerprint density at radius 3 is 3.06 bits per heavy atom. The third-order valence-electron chi connectivity index (χ3n) is 2.84. The fourth-order valence-electron chi connectivity index (χ4n) is 2.01. The number of fused-ring (bicyclic) bond motifs is 1. The third-order valence-corrected chi connectivity index (χ3v) is 4.92. The second kappa shape index (κ2) is 4.70. The summed E-state index contributed by atoms with van der Waals surface area (Å²) in [6, 6.07) is 1.70. The summed E-state index contributed by atoms with van der Waals surface area (Å²) in [5, 5.41) is 11.7. The van der Waals surface area contributed by atoms with Crippen LogP contribution in [0.15, 0.2) is 27.7 Å². The van der Waals surface area contributed by atoms with Crippen molar-refractivity contribution >= 4 is 29.1 Å². The van der Waals surface area contributed by atoms with Gasteiger partial charge in [0, 0.05) is 21.5 Å². The van der Waals surface area contributed by atoms with Gasteiger partial charge < -0.3 is 5.11 Å². The average molecular weight is 278 g/mol. The van der Waals surface area contributed by atoms with Crippen molar-refractivity contribution in [3.8, 4) is 0 Å². The zero-order chi connectivity index (χ0) is 12.5. The molecule has 1 aliphatic rings. The molecule has 0 atom stereocenters. The first-order chi connectivity index (χ1) is 8.74. The van der Waals surface area contributed by atoms with Gasteiger partial charge in [-0.3, -0.25) is 0 Å². The van der Waals surface area contributed by atoms with E-state index in [1.54, 1.807) is 12.4 Å². The molecule has 2 aromatic rings. The highest BCUT2D eigenvalue weighted by Crippen LogP contribution is 2.35. The van der Waals surface area contributed by atoms with Crippen LogP contribution in [0.3, 0.4) is 0 Å². The Kier molecular flexibility index (Phi) is 3.05. The summed E-state index contributed by atoms with van der Waals surface area (Å²) < 4.78 is 0. The van der Waals surface area contributed by atoms with E-state index in [1.807, 2.05) is 5.38 Å². The fraction of sp³-hybridized carbons (Fsp3) is 0.250. The number of carboxylic acid groups (broad SMARTS) is 1. The average Bonchev–Trinajstić information content (AvgIpc) is 2.97. The molecule has 0 fully saturated rings. The van der Waals surface area contributed by atoms with Crippen molar-refractivity contribution in [2.45, 2.75) is 29.2 Å². The van der Waals surface area contributed by atoms with Crippen LogP contribution < -0.4 is 0 Å². The van der Waals surface area contributed by atoms with Crippen LogP contribution in [0.25, 0.3) is 0 Å². The lowest BCUT2D eigenvalue weighted by molar-refractivity contribution is 0.0702. The van der Waals surface area contributed by atoms with E-state index in [2.05, 4.69) is 9.97 Å². The number of aromatic carboxylic acids is 1. The van der Waals surface area contributed by atoms with Crippen LogP contribution in [-0.2, 0) is 12.8 Å². The predicted octanol–water partition coefficient (Wildman–Crippen LogP) is 2.88. The van der Waals surface area contributed by atoms with Crippen LogP contribution >= 0.6 is 23.1 Å². The Bertz CT molecular complexity index is 610. The summed E-state index contributed by atoms with van der Waals surface area (Å²) in [5.74, 6) is -0.875. The first-order valence-electron chi connectivity index (χ1n) is 5.56. The van der Waals surface area contributed by atoms with E-state index in [0.29, 0.717) is 4.88 Å². The highest BCUT2D eigenvalue weighted by molar-refractivity contribution is 7.99. The monoisotopic (exact) mass is 278 g/mol. The Morgan fingerprint density at radius 1 is 1.39 bits per heavy atom. The molecular formula is C12H10N2O2S2. The summed E-state index contributed by atoms with van der Waals surface area (Å²) in [6.07, 6.45) is 4.77. The summed E-state index contributed by atoms with van der Waals surface area (Å²) in [4.78, 5) is 20.7. The van der Waals surface area contributed by atoms with Crippen LogP contribution in [-0.4, -0.2) is 21.0 Å². The maximum atomic E-state index is 10.8. The van der Waals surface area contributed by atoms with Gasteiger partial charge in [-0.2, -0.15) is 0 Å². The minimum atomic E-state index is -0.875. The van der Waals surface area contributed by atoms with E-state index in [1.165, 1.54) is 28.7 Å². The Morgan fingerprint density at radius 2 is 2.28 bits per heavy atom. The molecule has 0 amide bonds. The van der Waals surface area contributed by atoms with Crippen molar-refractivity contribution in [1.82, 2.24) is 9.97 Å². The molecule has 18 heavy (non-hydrogen) atoms. The van der Waals surface area contributed by atoms with Crippen LogP contribution in [0.4, 0.5) is 0 Å². The smallest absolute Gasteiger partial charge is 0.345 e. The molecule has 0 saturated heterocycles. The molecule has 3 rings (SSSR count). The molecular weight excluding hydrogens is 268 g/mol. The number of carbonyl (C=O) groups is 1. The number of aromatic nitrogens is 2. The molecule has 2 heterocycles. The molecule has 92 valence electrons. The molecule has 1 aliphatic carbocycles. The molecule has 0 bridgehead atoms. The number of aryl methyl sites for hydroxylation is 1. The van der Waals surface area contributed by atoms with Gasteiger partial charge >= 0.3 is 5.97 Å². The van der Waals surface area contributed by atoms with Crippen molar-refractivity contribution in [3.05, 3.63) is 33.9 Å².